The molecule has 0 aromatic rings. The highest BCUT2D eigenvalue weighted by atomic mass is 32.2. The summed E-state index contributed by atoms with van der Waals surface area (Å²) < 4.78 is 71.4. The van der Waals surface area contributed by atoms with Gasteiger partial charge in [-0.25, -0.2) is 25.6 Å². The molecule has 0 aliphatic carbocycles. The van der Waals surface area contributed by atoms with E-state index in [-0.39, 0.29) is 12.2 Å². The van der Waals surface area contributed by atoms with E-state index in [1.54, 1.807) is 0 Å². The van der Waals surface area contributed by atoms with Crippen LogP contribution in [0.3, 0.4) is 0 Å². The maximum atomic E-state index is 12.3. The number of aliphatic hydroxyl groups is 1. The van der Waals surface area contributed by atoms with E-state index in [0.717, 1.165) is 0 Å². The first kappa shape index (κ1) is 15.7. The van der Waals surface area contributed by atoms with Gasteiger partial charge in [0, 0.05) is 6.54 Å². The van der Waals surface area contributed by atoms with Gasteiger partial charge in [0.15, 0.2) is 9.84 Å². The number of halogens is 2. The topological polar surface area (TPSA) is 91.8 Å². The number of sulfone groups is 1. The molecule has 0 spiro atoms. The van der Waals surface area contributed by atoms with Gasteiger partial charge in [-0.05, 0) is 6.42 Å². The van der Waals surface area contributed by atoms with E-state index in [2.05, 4.69) is 0 Å². The molecule has 0 saturated carbocycles. The Morgan fingerprint density at radius 3 is 2.39 bits per heavy atom. The maximum Gasteiger partial charge on any atom is 0.252 e. The van der Waals surface area contributed by atoms with E-state index < -0.39 is 57.0 Å². The van der Waals surface area contributed by atoms with Gasteiger partial charge in [0.05, 0.1) is 29.9 Å². The van der Waals surface area contributed by atoms with E-state index in [0.29, 0.717) is 4.31 Å². The predicted octanol–water partition coefficient (Wildman–Crippen LogP) is -0.937. The third-order valence-corrected chi connectivity index (χ3v) is 6.94. The first-order valence-electron chi connectivity index (χ1n) is 5.27. The minimum Gasteiger partial charge on any atom is -0.395 e. The normalized spacial score (nSPS) is 23.9. The first-order chi connectivity index (χ1) is 8.19. The smallest absolute Gasteiger partial charge is 0.252 e. The largest absolute Gasteiger partial charge is 0.395 e. The molecule has 1 N–H and O–H groups in total. The zero-order valence-electron chi connectivity index (χ0n) is 9.50. The second-order valence-electron chi connectivity index (χ2n) is 4.04. The fourth-order valence-electron chi connectivity index (χ4n) is 1.79. The zero-order valence-corrected chi connectivity index (χ0v) is 11.1. The third kappa shape index (κ3) is 3.84. The fraction of sp³-hybridized carbons (Fsp3) is 1.00. The van der Waals surface area contributed by atoms with Crippen molar-refractivity contribution in [3.8, 4) is 0 Å². The lowest BCUT2D eigenvalue weighted by atomic mass is 10.4. The van der Waals surface area contributed by atoms with Crippen LogP contribution in [0.4, 0.5) is 8.78 Å². The number of rotatable bonds is 6. The van der Waals surface area contributed by atoms with Crippen LogP contribution in [-0.2, 0) is 19.9 Å². The van der Waals surface area contributed by atoms with Crippen LogP contribution in [0.5, 0.6) is 0 Å². The highest BCUT2D eigenvalue weighted by Crippen LogP contribution is 2.22. The van der Waals surface area contributed by atoms with Crippen LogP contribution in [0.1, 0.15) is 6.42 Å². The summed E-state index contributed by atoms with van der Waals surface area (Å²) in [5.74, 6) is -0.793. The van der Waals surface area contributed by atoms with E-state index in [4.69, 9.17) is 5.11 Å². The Kier molecular flexibility index (Phi) is 5.04. The van der Waals surface area contributed by atoms with Gasteiger partial charge in [0.2, 0.25) is 10.0 Å². The van der Waals surface area contributed by atoms with Crippen LogP contribution in [0.25, 0.3) is 0 Å². The average Bonchev–Trinajstić information content (AvgIpc) is 2.58. The van der Waals surface area contributed by atoms with Gasteiger partial charge in [0.1, 0.15) is 0 Å². The summed E-state index contributed by atoms with van der Waals surface area (Å²) in [5.41, 5.74) is 0. The molecule has 0 aromatic heterocycles. The quantitative estimate of drug-likeness (QED) is 0.684. The Morgan fingerprint density at radius 1 is 1.39 bits per heavy atom. The molecule has 1 aliphatic heterocycles. The fourth-order valence-corrected chi connectivity index (χ4v) is 6.29. The van der Waals surface area contributed by atoms with E-state index >= 15 is 0 Å². The molecule has 1 heterocycles. The number of sulfonamides is 1. The molecule has 0 bridgehead atoms. The molecular formula is C8H15F2NO5S2. The number of hydrogen-bond donors (Lipinski definition) is 1. The molecule has 1 saturated heterocycles. The lowest BCUT2D eigenvalue weighted by molar-refractivity contribution is 0.112. The van der Waals surface area contributed by atoms with Crippen molar-refractivity contribution in [2.24, 2.45) is 0 Å². The minimum absolute atomic E-state index is 0.0875. The second kappa shape index (κ2) is 5.76. The van der Waals surface area contributed by atoms with Gasteiger partial charge >= 0.3 is 0 Å². The molecule has 0 aromatic carbocycles. The number of alkyl halides is 2. The van der Waals surface area contributed by atoms with Crippen molar-refractivity contribution in [1.29, 1.82) is 0 Å². The summed E-state index contributed by atoms with van der Waals surface area (Å²) in [6.45, 7) is -2.08. The zero-order chi connectivity index (χ0) is 14.0. The summed E-state index contributed by atoms with van der Waals surface area (Å²) in [4.78, 5) is 0. The molecule has 10 heteroatoms. The number of nitrogens with zero attached hydrogens (tertiary/aromatic N) is 1. The van der Waals surface area contributed by atoms with Gasteiger partial charge in [-0.2, -0.15) is 4.31 Å². The number of aliphatic hydroxyl groups excluding tert-OH is 1. The lowest BCUT2D eigenvalue weighted by Gasteiger charge is -2.23. The van der Waals surface area contributed by atoms with Crippen molar-refractivity contribution < 1.29 is 30.7 Å². The molecule has 1 aliphatic rings. The number of hydrogen-bond acceptors (Lipinski definition) is 5. The summed E-state index contributed by atoms with van der Waals surface area (Å²) in [5, 5.41) is 7.50. The molecule has 1 unspecified atom stereocenters. The molecule has 0 radical (unpaired) electrons. The molecule has 0 amide bonds. The SMILES string of the molecule is O=S1(=O)CCC(S(=O)(=O)N(CCO)CC(F)F)C1. The van der Waals surface area contributed by atoms with Gasteiger partial charge in [0.25, 0.3) is 6.43 Å². The predicted molar refractivity (Wildman–Crippen MR) is 60.6 cm³/mol. The second-order valence-corrected chi connectivity index (χ2v) is 8.48. The standard InChI is InChI=1S/C8H15F2NO5S2/c9-8(10)5-11(2-3-12)18(15,16)7-1-4-17(13,14)6-7/h7-8,12H,1-6H2. The van der Waals surface area contributed by atoms with Crippen LogP contribution < -0.4 is 0 Å². The van der Waals surface area contributed by atoms with Crippen molar-refractivity contribution in [2.45, 2.75) is 18.1 Å². The summed E-state index contributed by atoms with van der Waals surface area (Å²) >= 11 is 0. The lowest BCUT2D eigenvalue weighted by Crippen LogP contribution is -2.43. The molecule has 1 atom stereocenters. The molecule has 6 nitrogen and oxygen atoms in total. The maximum absolute atomic E-state index is 12.3. The van der Waals surface area contributed by atoms with Gasteiger partial charge in [-0.15, -0.1) is 0 Å². The molecular weight excluding hydrogens is 292 g/mol. The Hall–Kier alpha value is -0.320. The van der Waals surface area contributed by atoms with Gasteiger partial charge in [-0.1, -0.05) is 0 Å². The van der Waals surface area contributed by atoms with Crippen LogP contribution >= 0.6 is 0 Å². The van der Waals surface area contributed by atoms with Crippen molar-refractivity contribution in [3.63, 3.8) is 0 Å². The monoisotopic (exact) mass is 307 g/mol. The molecule has 18 heavy (non-hydrogen) atoms. The van der Waals surface area contributed by atoms with E-state index in [1.807, 2.05) is 0 Å². The van der Waals surface area contributed by atoms with Gasteiger partial charge < -0.3 is 5.11 Å². The summed E-state index contributed by atoms with van der Waals surface area (Å²) in [7, 11) is -7.53. The molecule has 1 fully saturated rings. The molecule has 1 rings (SSSR count). The summed E-state index contributed by atoms with van der Waals surface area (Å²) in [6, 6.07) is 0. The van der Waals surface area contributed by atoms with Crippen LogP contribution in [-0.4, -0.2) is 69.1 Å². The van der Waals surface area contributed by atoms with Crippen molar-refractivity contribution in [3.05, 3.63) is 0 Å². The van der Waals surface area contributed by atoms with Crippen molar-refractivity contribution >= 4 is 19.9 Å². The van der Waals surface area contributed by atoms with Crippen LogP contribution in [0, 0.1) is 0 Å². The van der Waals surface area contributed by atoms with Gasteiger partial charge in [-0.3, -0.25) is 0 Å². The highest BCUT2D eigenvalue weighted by Gasteiger charge is 2.40. The minimum atomic E-state index is -4.11. The molecule has 108 valence electrons. The van der Waals surface area contributed by atoms with Crippen molar-refractivity contribution in [2.75, 3.05) is 31.2 Å². The Labute approximate surface area is 105 Å². The third-order valence-electron chi connectivity index (χ3n) is 2.66. The first-order valence-corrected chi connectivity index (χ1v) is 8.60. The van der Waals surface area contributed by atoms with E-state index in [9.17, 15) is 25.6 Å². The Morgan fingerprint density at radius 2 is 2.00 bits per heavy atom. The van der Waals surface area contributed by atoms with Crippen molar-refractivity contribution in [1.82, 2.24) is 4.31 Å². The highest BCUT2D eigenvalue weighted by molar-refractivity contribution is 7.95. The Bertz CT molecular complexity index is 476. The Balaban J connectivity index is 2.88. The average molecular weight is 307 g/mol. The van der Waals surface area contributed by atoms with E-state index in [1.165, 1.54) is 0 Å². The summed E-state index contributed by atoms with van der Waals surface area (Å²) in [6.07, 6.45) is -2.96. The van der Waals surface area contributed by atoms with Crippen LogP contribution in [0.2, 0.25) is 0 Å². The van der Waals surface area contributed by atoms with Crippen LogP contribution in [0.15, 0.2) is 0 Å².